The van der Waals surface area contributed by atoms with Gasteiger partial charge in [0, 0.05) is 13.1 Å². The number of piperidine rings is 1. The fraction of sp³-hybridized carbons (Fsp3) is 0.583. The summed E-state index contributed by atoms with van der Waals surface area (Å²) in [4.78, 5) is 19.1. The molecular weight excluding hydrogens is 270 g/mol. The Morgan fingerprint density at radius 3 is 2.62 bits per heavy atom. The van der Waals surface area contributed by atoms with Gasteiger partial charge in [-0.15, -0.1) is 0 Å². The predicted octanol–water partition coefficient (Wildman–Crippen LogP) is 0.364. The lowest BCUT2D eigenvalue weighted by molar-refractivity contribution is 0.392. The zero-order chi connectivity index (χ0) is 14.7. The molecule has 0 amide bonds. The monoisotopic (exact) mass is 289 g/mol. The number of nitrogen functional groups attached to an aromatic ring is 1. The lowest BCUT2D eigenvalue weighted by Gasteiger charge is -2.31. The molecule has 0 aromatic carbocycles. The van der Waals surface area contributed by atoms with Gasteiger partial charge in [-0.2, -0.15) is 24.7 Å². The molecule has 2 aromatic rings. The largest absolute Gasteiger partial charge is 0.341 e. The van der Waals surface area contributed by atoms with E-state index in [4.69, 9.17) is 5.84 Å². The highest BCUT2D eigenvalue weighted by Crippen LogP contribution is 2.23. The molecule has 0 spiro atoms. The van der Waals surface area contributed by atoms with Gasteiger partial charge in [-0.1, -0.05) is 13.3 Å². The van der Waals surface area contributed by atoms with Crippen LogP contribution in [0, 0.1) is 5.92 Å². The predicted molar refractivity (Wildman–Crippen MR) is 77.8 cm³/mol. The van der Waals surface area contributed by atoms with Gasteiger partial charge in [0.05, 0.1) is 0 Å². The van der Waals surface area contributed by atoms with Crippen LogP contribution in [0.5, 0.6) is 0 Å². The van der Waals surface area contributed by atoms with Crippen molar-refractivity contribution in [3.05, 3.63) is 12.7 Å². The third-order valence-electron chi connectivity index (χ3n) is 3.84. The third kappa shape index (κ3) is 2.92. The lowest BCUT2D eigenvalue weighted by atomic mass is 9.95. The minimum Gasteiger partial charge on any atom is -0.341 e. The quantitative estimate of drug-likeness (QED) is 0.613. The standard InChI is InChI=1S/C12H19N9/c1-2-9-3-5-20(6-4-9)11-16-10(19-13)17-12(18-11)21-8-14-7-15-21/h7-9H,2-6,13H2,1H3,(H,16,17,18,19). The topological polar surface area (TPSA) is 111 Å². The van der Waals surface area contributed by atoms with Crippen LogP contribution in [0.15, 0.2) is 12.7 Å². The van der Waals surface area contributed by atoms with Crippen molar-refractivity contribution in [2.45, 2.75) is 26.2 Å². The van der Waals surface area contributed by atoms with Crippen LogP contribution in [0.25, 0.3) is 5.95 Å². The highest BCUT2D eigenvalue weighted by atomic mass is 15.4. The summed E-state index contributed by atoms with van der Waals surface area (Å²) in [5, 5.41) is 4.04. The second-order valence-electron chi connectivity index (χ2n) is 5.08. The second kappa shape index (κ2) is 6.00. The summed E-state index contributed by atoms with van der Waals surface area (Å²) in [6.45, 7) is 4.13. The molecule has 1 fully saturated rings. The summed E-state index contributed by atoms with van der Waals surface area (Å²) in [5.41, 5.74) is 2.48. The van der Waals surface area contributed by atoms with Crippen LogP contribution in [0.2, 0.25) is 0 Å². The maximum Gasteiger partial charge on any atom is 0.258 e. The molecule has 9 nitrogen and oxygen atoms in total. The van der Waals surface area contributed by atoms with Crippen molar-refractivity contribution in [1.82, 2.24) is 29.7 Å². The number of anilines is 2. The molecule has 0 saturated carbocycles. The maximum absolute atomic E-state index is 5.45. The van der Waals surface area contributed by atoms with Crippen LogP contribution in [-0.2, 0) is 0 Å². The molecule has 0 bridgehead atoms. The molecule has 9 heteroatoms. The molecule has 21 heavy (non-hydrogen) atoms. The van der Waals surface area contributed by atoms with Crippen LogP contribution in [-0.4, -0.2) is 42.8 Å². The Hall–Kier alpha value is -2.29. The fourth-order valence-electron chi connectivity index (χ4n) is 2.52. The SMILES string of the molecule is CCC1CCN(c2nc(NN)nc(-n3cncn3)n2)CC1. The van der Waals surface area contributed by atoms with E-state index in [1.807, 2.05) is 0 Å². The van der Waals surface area contributed by atoms with E-state index in [2.05, 4.69) is 42.3 Å². The van der Waals surface area contributed by atoms with Gasteiger partial charge in [0.1, 0.15) is 12.7 Å². The molecule has 2 aromatic heterocycles. The van der Waals surface area contributed by atoms with Gasteiger partial charge in [0.25, 0.3) is 5.95 Å². The van der Waals surface area contributed by atoms with Crippen molar-refractivity contribution in [3.63, 3.8) is 0 Å². The third-order valence-corrected chi connectivity index (χ3v) is 3.84. The van der Waals surface area contributed by atoms with Crippen molar-refractivity contribution < 1.29 is 0 Å². The molecule has 1 aliphatic heterocycles. The van der Waals surface area contributed by atoms with E-state index < -0.39 is 0 Å². The average molecular weight is 289 g/mol. The molecule has 3 rings (SSSR count). The Labute approximate surface area is 122 Å². The minimum absolute atomic E-state index is 0.322. The number of rotatable bonds is 4. The molecular formula is C12H19N9. The number of hydrogen-bond donors (Lipinski definition) is 2. The zero-order valence-corrected chi connectivity index (χ0v) is 12.0. The first-order valence-corrected chi connectivity index (χ1v) is 7.12. The Bertz CT molecular complexity index is 574. The van der Waals surface area contributed by atoms with Crippen LogP contribution < -0.4 is 16.2 Å². The molecule has 0 atom stereocenters. The summed E-state index contributed by atoms with van der Waals surface area (Å²) in [6.07, 6.45) is 6.53. The molecule has 0 unspecified atom stereocenters. The maximum atomic E-state index is 5.45. The summed E-state index contributed by atoms with van der Waals surface area (Å²) < 4.78 is 1.49. The Morgan fingerprint density at radius 1 is 1.24 bits per heavy atom. The normalized spacial score (nSPS) is 16.2. The first kappa shape index (κ1) is 13.7. The van der Waals surface area contributed by atoms with Gasteiger partial charge in [0.15, 0.2) is 0 Å². The average Bonchev–Trinajstić information content (AvgIpc) is 3.09. The van der Waals surface area contributed by atoms with E-state index in [9.17, 15) is 0 Å². The van der Waals surface area contributed by atoms with E-state index >= 15 is 0 Å². The Balaban J connectivity index is 1.86. The summed E-state index contributed by atoms with van der Waals surface area (Å²) >= 11 is 0. The number of hydrogen-bond acceptors (Lipinski definition) is 8. The van der Waals surface area contributed by atoms with E-state index in [1.54, 1.807) is 6.33 Å². The second-order valence-corrected chi connectivity index (χ2v) is 5.08. The van der Waals surface area contributed by atoms with Gasteiger partial charge < -0.3 is 4.90 Å². The minimum atomic E-state index is 0.322. The highest BCUT2D eigenvalue weighted by Gasteiger charge is 2.21. The van der Waals surface area contributed by atoms with Crippen LogP contribution in [0.4, 0.5) is 11.9 Å². The van der Waals surface area contributed by atoms with Crippen molar-refractivity contribution in [1.29, 1.82) is 0 Å². The molecule has 1 aliphatic rings. The van der Waals surface area contributed by atoms with Crippen molar-refractivity contribution in [2.75, 3.05) is 23.4 Å². The van der Waals surface area contributed by atoms with Crippen molar-refractivity contribution >= 4 is 11.9 Å². The smallest absolute Gasteiger partial charge is 0.258 e. The molecule has 0 aliphatic carbocycles. The van der Waals surface area contributed by atoms with Crippen LogP contribution in [0.3, 0.4) is 0 Å². The number of nitrogens with two attached hydrogens (primary N) is 1. The van der Waals surface area contributed by atoms with E-state index in [1.165, 1.54) is 17.4 Å². The van der Waals surface area contributed by atoms with Crippen LogP contribution >= 0.6 is 0 Å². The van der Waals surface area contributed by atoms with Gasteiger partial charge >= 0.3 is 0 Å². The highest BCUT2D eigenvalue weighted by molar-refractivity contribution is 5.39. The fourth-order valence-corrected chi connectivity index (χ4v) is 2.52. The zero-order valence-electron chi connectivity index (χ0n) is 12.0. The Kier molecular flexibility index (Phi) is 3.91. The van der Waals surface area contributed by atoms with Crippen molar-refractivity contribution in [2.24, 2.45) is 11.8 Å². The van der Waals surface area contributed by atoms with Gasteiger partial charge in [-0.3, -0.25) is 5.43 Å². The van der Waals surface area contributed by atoms with Gasteiger partial charge in [-0.05, 0) is 18.8 Å². The molecule has 3 N–H and O–H groups in total. The first-order valence-electron chi connectivity index (χ1n) is 7.12. The number of aromatic nitrogens is 6. The number of nitrogens with zero attached hydrogens (tertiary/aromatic N) is 7. The summed E-state index contributed by atoms with van der Waals surface area (Å²) in [6, 6.07) is 0. The lowest BCUT2D eigenvalue weighted by Crippen LogP contribution is -2.35. The van der Waals surface area contributed by atoms with E-state index in [0.29, 0.717) is 17.8 Å². The summed E-state index contributed by atoms with van der Waals surface area (Å²) in [5.74, 6) is 7.59. The molecule has 0 radical (unpaired) electrons. The van der Waals surface area contributed by atoms with Gasteiger partial charge in [0.2, 0.25) is 11.9 Å². The van der Waals surface area contributed by atoms with E-state index in [-0.39, 0.29) is 0 Å². The van der Waals surface area contributed by atoms with Gasteiger partial charge in [-0.25, -0.2) is 10.8 Å². The Morgan fingerprint density at radius 2 is 2.00 bits per heavy atom. The molecule has 112 valence electrons. The number of nitrogens with one attached hydrogen (secondary N) is 1. The molecule has 3 heterocycles. The van der Waals surface area contributed by atoms with E-state index in [0.717, 1.165) is 31.8 Å². The van der Waals surface area contributed by atoms with Crippen LogP contribution in [0.1, 0.15) is 26.2 Å². The van der Waals surface area contributed by atoms with Crippen molar-refractivity contribution in [3.8, 4) is 5.95 Å². The first-order chi connectivity index (χ1) is 10.3. The molecule has 1 saturated heterocycles. The summed E-state index contributed by atoms with van der Waals surface area (Å²) in [7, 11) is 0. The number of hydrazine groups is 1.